The molecule has 4 heteroatoms. The molecule has 0 bridgehead atoms. The van der Waals surface area contributed by atoms with Gasteiger partial charge in [0, 0.05) is 15.9 Å². The lowest BCUT2D eigenvalue weighted by molar-refractivity contribution is 0.0950. The highest BCUT2D eigenvalue weighted by atomic mass is 79.9. The number of hydrogen-bond donors (Lipinski definition) is 2. The summed E-state index contributed by atoms with van der Waals surface area (Å²) in [7, 11) is 0. The zero-order valence-electron chi connectivity index (χ0n) is 10.9. The van der Waals surface area contributed by atoms with E-state index in [2.05, 4.69) is 47.7 Å². The summed E-state index contributed by atoms with van der Waals surface area (Å²) in [6.07, 6.45) is 3.40. The molecule has 1 aromatic rings. The first kappa shape index (κ1) is 15.6. The highest BCUT2D eigenvalue weighted by Crippen LogP contribution is 2.19. The van der Waals surface area contributed by atoms with Crippen molar-refractivity contribution in [2.45, 2.75) is 38.0 Å². The number of amides is 1. The number of unbranched alkanes of at least 4 members (excludes halogenated alkanes) is 1. The molecule has 0 unspecified atom stereocenters. The molecule has 0 spiro atoms. The summed E-state index contributed by atoms with van der Waals surface area (Å²) in [6.45, 7) is 5.16. The summed E-state index contributed by atoms with van der Waals surface area (Å²) in [4.78, 5) is 12.6. The molecule has 2 nitrogen and oxygen atoms in total. The molecule has 1 aromatic carbocycles. The number of thiol groups is 1. The van der Waals surface area contributed by atoms with Crippen LogP contribution >= 0.6 is 28.6 Å². The third-order valence-electron chi connectivity index (χ3n) is 2.70. The van der Waals surface area contributed by atoms with E-state index in [4.69, 9.17) is 0 Å². The summed E-state index contributed by atoms with van der Waals surface area (Å²) in [5.41, 5.74) is 0.630. The number of benzene rings is 1. The number of hydrogen-bond acceptors (Lipinski definition) is 2. The van der Waals surface area contributed by atoms with Crippen LogP contribution in [0.1, 0.15) is 43.5 Å². The molecule has 0 aliphatic heterocycles. The number of carbonyl (C=O) groups is 1. The minimum absolute atomic E-state index is 0.0444. The van der Waals surface area contributed by atoms with E-state index in [-0.39, 0.29) is 5.91 Å². The van der Waals surface area contributed by atoms with Gasteiger partial charge in [-0.25, -0.2) is 0 Å². The van der Waals surface area contributed by atoms with Crippen LogP contribution in [-0.4, -0.2) is 12.5 Å². The average Bonchev–Trinajstić information content (AvgIpc) is 2.27. The largest absolute Gasteiger partial charge is 0.352 e. The molecule has 0 radical (unpaired) electrons. The fourth-order valence-electron chi connectivity index (χ4n) is 1.67. The molecular weight excluding hydrogens is 310 g/mol. The van der Waals surface area contributed by atoms with E-state index in [0.717, 1.165) is 29.8 Å². The summed E-state index contributed by atoms with van der Waals surface area (Å²) < 4.78 is 0.931. The number of carbonyl (C=O) groups excluding carboxylic acids is 1. The monoisotopic (exact) mass is 329 g/mol. The van der Waals surface area contributed by atoms with Gasteiger partial charge in [-0.3, -0.25) is 4.79 Å². The van der Waals surface area contributed by atoms with Crippen LogP contribution in [0.2, 0.25) is 0 Å². The molecule has 0 atom stereocenters. The summed E-state index contributed by atoms with van der Waals surface area (Å²) in [6, 6.07) is 5.47. The van der Waals surface area contributed by atoms with Crippen molar-refractivity contribution in [3.63, 3.8) is 0 Å². The standard InChI is InChI=1S/C14H20BrNOS/c1-10(2)5-3-4-8-16-14(17)12-7-6-11(15)9-13(12)18/h6-7,9-10,18H,3-5,8H2,1-2H3,(H,16,17). The molecule has 0 aliphatic rings. The summed E-state index contributed by atoms with van der Waals surface area (Å²) in [5.74, 6) is 0.688. The normalized spacial score (nSPS) is 10.7. The topological polar surface area (TPSA) is 29.1 Å². The Balaban J connectivity index is 2.36. The predicted octanol–water partition coefficient (Wildman–Crippen LogP) is 4.29. The highest BCUT2D eigenvalue weighted by Gasteiger charge is 2.08. The molecule has 1 amide bonds. The molecule has 0 aliphatic carbocycles. The molecular formula is C14H20BrNOS. The Morgan fingerprint density at radius 1 is 1.39 bits per heavy atom. The molecule has 1 N–H and O–H groups in total. The fraction of sp³-hybridized carbons (Fsp3) is 0.500. The van der Waals surface area contributed by atoms with Crippen LogP contribution in [0.3, 0.4) is 0 Å². The minimum atomic E-state index is -0.0444. The van der Waals surface area contributed by atoms with E-state index in [1.54, 1.807) is 6.07 Å². The molecule has 100 valence electrons. The van der Waals surface area contributed by atoms with Crippen molar-refractivity contribution in [2.75, 3.05) is 6.54 Å². The van der Waals surface area contributed by atoms with Crippen LogP contribution in [0.25, 0.3) is 0 Å². The van der Waals surface area contributed by atoms with Gasteiger partial charge in [-0.2, -0.15) is 0 Å². The van der Waals surface area contributed by atoms with Crippen molar-refractivity contribution in [3.05, 3.63) is 28.2 Å². The average molecular weight is 330 g/mol. The first-order chi connectivity index (χ1) is 8.50. The van der Waals surface area contributed by atoms with Crippen molar-refractivity contribution < 1.29 is 4.79 Å². The van der Waals surface area contributed by atoms with Crippen molar-refractivity contribution in [1.29, 1.82) is 0 Å². The number of halogens is 1. The van der Waals surface area contributed by atoms with E-state index in [9.17, 15) is 4.79 Å². The molecule has 0 saturated heterocycles. The smallest absolute Gasteiger partial charge is 0.252 e. The van der Waals surface area contributed by atoms with Crippen LogP contribution in [0.5, 0.6) is 0 Å². The first-order valence-electron chi connectivity index (χ1n) is 6.27. The van der Waals surface area contributed by atoms with E-state index in [0.29, 0.717) is 10.5 Å². The third kappa shape index (κ3) is 5.44. The van der Waals surface area contributed by atoms with E-state index < -0.39 is 0 Å². The second-order valence-corrected chi connectivity index (χ2v) is 6.20. The Hall–Kier alpha value is -0.480. The Morgan fingerprint density at radius 2 is 2.11 bits per heavy atom. The van der Waals surface area contributed by atoms with Gasteiger partial charge in [0.2, 0.25) is 0 Å². The SMILES string of the molecule is CC(C)CCCCNC(=O)c1ccc(Br)cc1S. The van der Waals surface area contributed by atoms with Gasteiger partial charge in [0.1, 0.15) is 0 Å². The van der Waals surface area contributed by atoms with Crippen molar-refractivity contribution in [2.24, 2.45) is 5.92 Å². The van der Waals surface area contributed by atoms with E-state index in [1.165, 1.54) is 6.42 Å². The van der Waals surface area contributed by atoms with Crippen LogP contribution in [-0.2, 0) is 0 Å². The van der Waals surface area contributed by atoms with Crippen LogP contribution in [0.4, 0.5) is 0 Å². The van der Waals surface area contributed by atoms with Gasteiger partial charge in [0.25, 0.3) is 5.91 Å². The molecule has 0 heterocycles. The molecule has 0 fully saturated rings. The maximum Gasteiger partial charge on any atom is 0.252 e. The Morgan fingerprint density at radius 3 is 2.72 bits per heavy atom. The van der Waals surface area contributed by atoms with Crippen molar-refractivity contribution in [3.8, 4) is 0 Å². The summed E-state index contributed by atoms with van der Waals surface area (Å²) in [5, 5.41) is 2.93. The second kappa shape index (κ2) is 7.85. The lowest BCUT2D eigenvalue weighted by atomic mass is 10.1. The zero-order chi connectivity index (χ0) is 13.5. The lowest BCUT2D eigenvalue weighted by Gasteiger charge is -2.08. The van der Waals surface area contributed by atoms with Gasteiger partial charge in [0.05, 0.1) is 5.56 Å². The van der Waals surface area contributed by atoms with Gasteiger partial charge in [0.15, 0.2) is 0 Å². The summed E-state index contributed by atoms with van der Waals surface area (Å²) >= 11 is 7.66. The maximum absolute atomic E-state index is 11.9. The Labute approximate surface area is 123 Å². The number of nitrogens with one attached hydrogen (secondary N) is 1. The number of rotatable bonds is 6. The van der Waals surface area contributed by atoms with Crippen molar-refractivity contribution >= 4 is 34.5 Å². The van der Waals surface area contributed by atoms with Crippen molar-refractivity contribution in [1.82, 2.24) is 5.32 Å². The lowest BCUT2D eigenvalue weighted by Crippen LogP contribution is -2.24. The Bertz CT molecular complexity index is 407. The Kier molecular flexibility index (Phi) is 6.79. The molecule has 0 saturated carbocycles. The fourth-order valence-corrected chi connectivity index (χ4v) is 2.52. The van der Waals surface area contributed by atoms with Crippen LogP contribution in [0, 0.1) is 5.92 Å². The quantitative estimate of drug-likeness (QED) is 0.591. The minimum Gasteiger partial charge on any atom is -0.352 e. The van der Waals surface area contributed by atoms with Crippen LogP contribution < -0.4 is 5.32 Å². The molecule has 0 aromatic heterocycles. The van der Waals surface area contributed by atoms with E-state index >= 15 is 0 Å². The van der Waals surface area contributed by atoms with Gasteiger partial charge < -0.3 is 5.32 Å². The first-order valence-corrected chi connectivity index (χ1v) is 7.51. The van der Waals surface area contributed by atoms with Gasteiger partial charge in [-0.1, -0.05) is 42.6 Å². The molecule has 18 heavy (non-hydrogen) atoms. The maximum atomic E-state index is 11.9. The molecule has 1 rings (SSSR count). The third-order valence-corrected chi connectivity index (χ3v) is 3.56. The van der Waals surface area contributed by atoms with Gasteiger partial charge >= 0.3 is 0 Å². The van der Waals surface area contributed by atoms with Gasteiger partial charge in [-0.05, 0) is 30.5 Å². The zero-order valence-corrected chi connectivity index (χ0v) is 13.4. The van der Waals surface area contributed by atoms with Gasteiger partial charge in [-0.15, -0.1) is 12.6 Å². The highest BCUT2D eigenvalue weighted by molar-refractivity contribution is 9.10. The van der Waals surface area contributed by atoms with E-state index in [1.807, 2.05) is 12.1 Å². The second-order valence-electron chi connectivity index (χ2n) is 4.81. The van der Waals surface area contributed by atoms with Crippen LogP contribution in [0.15, 0.2) is 27.6 Å². The predicted molar refractivity (Wildman–Crippen MR) is 82.4 cm³/mol.